The molecule has 34 heavy (non-hydrogen) atoms. The van der Waals surface area contributed by atoms with Crippen LogP contribution in [0.3, 0.4) is 0 Å². The van der Waals surface area contributed by atoms with Crippen molar-refractivity contribution in [3.05, 3.63) is 47.0 Å². The molecule has 188 valence electrons. The molecule has 0 N–H and O–H groups in total. The van der Waals surface area contributed by atoms with Crippen LogP contribution in [0.25, 0.3) is 0 Å². The predicted octanol–water partition coefficient (Wildman–Crippen LogP) is 7.29. The van der Waals surface area contributed by atoms with Gasteiger partial charge < -0.3 is 4.74 Å². The number of hydrogen-bond donors (Lipinski definition) is 0. The highest BCUT2D eigenvalue weighted by atomic mass is 19.3. The van der Waals surface area contributed by atoms with Gasteiger partial charge in [0.15, 0.2) is 5.78 Å². The van der Waals surface area contributed by atoms with Gasteiger partial charge in [0.25, 0.3) is 0 Å². The van der Waals surface area contributed by atoms with Crippen molar-refractivity contribution in [2.24, 2.45) is 0 Å². The summed E-state index contributed by atoms with van der Waals surface area (Å²) in [5, 5.41) is 0. The summed E-state index contributed by atoms with van der Waals surface area (Å²) in [5.74, 6) is -4.40. The van der Waals surface area contributed by atoms with Gasteiger partial charge in [0, 0.05) is 25.7 Å². The summed E-state index contributed by atoms with van der Waals surface area (Å²) >= 11 is 0. The minimum Gasteiger partial charge on any atom is -0.461 e. The van der Waals surface area contributed by atoms with E-state index in [-0.39, 0.29) is 37.6 Å². The number of ether oxygens (including phenoxy) is 1. The molecule has 0 radical (unpaired) electrons. The Morgan fingerprint density at radius 3 is 2.38 bits per heavy atom. The van der Waals surface area contributed by atoms with Gasteiger partial charge in [0.05, 0.1) is 0 Å². The normalized spacial score (nSPS) is 14.0. The smallest absolute Gasteiger partial charge is 0.306 e. The number of esters is 1. The van der Waals surface area contributed by atoms with Crippen molar-refractivity contribution < 1.29 is 27.9 Å². The minimum atomic E-state index is -3.26. The summed E-state index contributed by atoms with van der Waals surface area (Å²) < 4.78 is 33.3. The van der Waals surface area contributed by atoms with Crippen LogP contribution in [0.2, 0.25) is 0 Å². The molecule has 0 bridgehead atoms. The van der Waals surface area contributed by atoms with Gasteiger partial charge >= 0.3 is 11.9 Å². The summed E-state index contributed by atoms with van der Waals surface area (Å²) in [7, 11) is 0. The van der Waals surface area contributed by atoms with Crippen molar-refractivity contribution in [1.82, 2.24) is 0 Å². The average Bonchev–Trinajstić information content (AvgIpc) is 3.18. The first kappa shape index (κ1) is 27.9. The second-order valence-electron chi connectivity index (χ2n) is 9.15. The maximum atomic E-state index is 14.0. The molecule has 0 heterocycles. The van der Waals surface area contributed by atoms with Gasteiger partial charge in [0.2, 0.25) is 5.78 Å². The lowest BCUT2D eigenvalue weighted by Gasteiger charge is -2.15. The number of Topliss-reactive ketones (excluding diaryl/α,β-unsaturated/α-hetero) is 2. The molecule has 0 spiro atoms. The first-order chi connectivity index (χ1) is 16.3. The van der Waals surface area contributed by atoms with Gasteiger partial charge in [-0.25, -0.2) is 0 Å². The quantitative estimate of drug-likeness (QED) is 0.175. The van der Waals surface area contributed by atoms with Crippen LogP contribution in [0, 0.1) is 0 Å². The van der Waals surface area contributed by atoms with Gasteiger partial charge in [-0.15, -0.1) is 0 Å². The van der Waals surface area contributed by atoms with Crippen molar-refractivity contribution in [2.75, 3.05) is 0 Å². The van der Waals surface area contributed by atoms with Crippen LogP contribution in [0.15, 0.2) is 41.5 Å². The molecule has 6 heteroatoms. The van der Waals surface area contributed by atoms with E-state index in [1.807, 2.05) is 37.3 Å². The maximum Gasteiger partial charge on any atom is 0.306 e. The van der Waals surface area contributed by atoms with Crippen molar-refractivity contribution in [3.8, 4) is 0 Å². The Morgan fingerprint density at radius 1 is 0.912 bits per heavy atom. The molecule has 1 aromatic carbocycles. The molecule has 0 saturated heterocycles. The Morgan fingerprint density at radius 2 is 1.65 bits per heavy atom. The minimum absolute atomic E-state index is 0.0849. The third-order valence-corrected chi connectivity index (χ3v) is 6.37. The Labute approximate surface area is 202 Å². The Bertz CT molecular complexity index is 830. The van der Waals surface area contributed by atoms with E-state index in [1.54, 1.807) is 0 Å². The number of alkyl halides is 2. The van der Waals surface area contributed by atoms with E-state index >= 15 is 0 Å². The molecule has 1 aliphatic rings. The fraction of sp³-hybridized carbons (Fsp3) is 0.607. The van der Waals surface area contributed by atoms with Crippen LogP contribution in [0.4, 0.5) is 8.78 Å². The summed E-state index contributed by atoms with van der Waals surface area (Å²) in [6, 6.07) is 9.55. The van der Waals surface area contributed by atoms with Gasteiger partial charge in [-0.05, 0) is 49.7 Å². The molecule has 0 saturated carbocycles. The van der Waals surface area contributed by atoms with Crippen LogP contribution in [0.5, 0.6) is 0 Å². The zero-order chi connectivity index (χ0) is 24.8. The average molecular weight is 477 g/mol. The first-order valence-corrected chi connectivity index (χ1v) is 12.7. The molecule has 0 fully saturated rings. The number of carbonyl (C=O) groups is 3. The van der Waals surface area contributed by atoms with E-state index in [0.717, 1.165) is 48.8 Å². The molecular formula is C28H38F2O4. The number of hydrogen-bond acceptors (Lipinski definition) is 4. The Hall–Kier alpha value is -2.37. The van der Waals surface area contributed by atoms with Gasteiger partial charge in [0.1, 0.15) is 6.61 Å². The van der Waals surface area contributed by atoms with E-state index in [4.69, 9.17) is 4.74 Å². The standard InChI is InChI=1S/C28H38F2O4/c1-2-3-11-20-28(29,30)26(32)19-17-23-16-18-25(31)24(23)14-9-4-5-10-15-27(33)34-21-22-12-7-6-8-13-22/h6-8,12-13H,2-5,9-11,14-21H2,1H3. The summed E-state index contributed by atoms with van der Waals surface area (Å²) in [5.41, 5.74) is 2.58. The second kappa shape index (κ2) is 14.8. The van der Waals surface area contributed by atoms with E-state index in [1.165, 1.54) is 0 Å². The SMILES string of the molecule is CCCCCC(F)(F)C(=O)CCC1=C(CCCCCCC(=O)OCc2ccccc2)C(=O)CC1. The highest BCUT2D eigenvalue weighted by Gasteiger charge is 2.37. The molecule has 0 amide bonds. The highest BCUT2D eigenvalue weighted by Crippen LogP contribution is 2.32. The molecule has 1 aromatic rings. The number of carbonyl (C=O) groups excluding carboxylic acids is 3. The molecule has 0 unspecified atom stereocenters. The lowest BCUT2D eigenvalue weighted by Crippen LogP contribution is -2.28. The number of unbranched alkanes of at least 4 members (excludes halogenated alkanes) is 5. The second-order valence-corrected chi connectivity index (χ2v) is 9.15. The van der Waals surface area contributed by atoms with Crippen LogP contribution in [0.1, 0.15) is 102 Å². The number of allylic oxidation sites excluding steroid dienone is 2. The molecule has 1 aliphatic carbocycles. The topological polar surface area (TPSA) is 60.4 Å². The summed E-state index contributed by atoms with van der Waals surface area (Å²) in [6.07, 6.45) is 6.83. The van der Waals surface area contributed by atoms with Crippen molar-refractivity contribution >= 4 is 17.5 Å². The number of ketones is 2. The van der Waals surface area contributed by atoms with Crippen molar-refractivity contribution in [3.63, 3.8) is 0 Å². The van der Waals surface area contributed by atoms with Gasteiger partial charge in [-0.1, -0.05) is 68.5 Å². The third kappa shape index (κ3) is 9.86. The molecular weight excluding hydrogens is 438 g/mol. The van der Waals surface area contributed by atoms with E-state index in [0.29, 0.717) is 38.5 Å². The largest absolute Gasteiger partial charge is 0.461 e. The summed E-state index contributed by atoms with van der Waals surface area (Å²) in [6.45, 7) is 2.22. The van der Waals surface area contributed by atoms with E-state index in [9.17, 15) is 23.2 Å². The zero-order valence-corrected chi connectivity index (χ0v) is 20.4. The molecule has 0 aliphatic heterocycles. The zero-order valence-electron chi connectivity index (χ0n) is 20.4. The Balaban J connectivity index is 1.65. The van der Waals surface area contributed by atoms with Crippen LogP contribution >= 0.6 is 0 Å². The van der Waals surface area contributed by atoms with Gasteiger partial charge in [-0.2, -0.15) is 8.78 Å². The molecule has 4 nitrogen and oxygen atoms in total. The van der Waals surface area contributed by atoms with Crippen molar-refractivity contribution in [2.45, 2.75) is 109 Å². The lowest BCUT2D eigenvalue weighted by atomic mass is 9.96. The molecule has 0 aromatic heterocycles. The van der Waals surface area contributed by atoms with Crippen LogP contribution in [-0.2, 0) is 25.7 Å². The van der Waals surface area contributed by atoms with E-state index < -0.39 is 11.7 Å². The number of halogens is 2. The summed E-state index contributed by atoms with van der Waals surface area (Å²) in [4.78, 5) is 36.1. The fourth-order valence-electron chi connectivity index (χ4n) is 4.27. The lowest BCUT2D eigenvalue weighted by molar-refractivity contribution is -0.145. The van der Waals surface area contributed by atoms with Crippen LogP contribution in [-0.4, -0.2) is 23.5 Å². The van der Waals surface area contributed by atoms with Gasteiger partial charge in [-0.3, -0.25) is 14.4 Å². The molecule has 2 rings (SSSR count). The first-order valence-electron chi connectivity index (χ1n) is 12.7. The highest BCUT2D eigenvalue weighted by molar-refractivity contribution is 5.98. The monoisotopic (exact) mass is 476 g/mol. The predicted molar refractivity (Wildman–Crippen MR) is 129 cm³/mol. The number of benzene rings is 1. The maximum absolute atomic E-state index is 14.0. The van der Waals surface area contributed by atoms with Crippen LogP contribution < -0.4 is 0 Å². The van der Waals surface area contributed by atoms with E-state index in [2.05, 4.69) is 0 Å². The fourth-order valence-corrected chi connectivity index (χ4v) is 4.27. The Kier molecular flexibility index (Phi) is 12.1. The number of rotatable bonds is 17. The molecule has 0 atom stereocenters. The third-order valence-electron chi connectivity index (χ3n) is 6.37. The van der Waals surface area contributed by atoms with Crippen molar-refractivity contribution in [1.29, 1.82) is 0 Å².